The fraction of sp³-hybridized carbons (Fsp3) is 0.294. The quantitative estimate of drug-likeness (QED) is 0.597. The number of nitrogens with one attached hydrogen (secondary N) is 2. The van der Waals surface area contributed by atoms with Crippen molar-refractivity contribution in [2.45, 2.75) is 13.8 Å². The Morgan fingerprint density at radius 1 is 1.17 bits per heavy atom. The molecule has 7 nitrogen and oxygen atoms in total. The number of nitrogens with zero attached hydrogens (tertiary/aromatic N) is 2. The van der Waals surface area contributed by atoms with Crippen molar-refractivity contribution in [2.24, 2.45) is 0 Å². The molecule has 0 atom stereocenters. The maximum absolute atomic E-state index is 12.1. The number of ether oxygens (including phenoxy) is 1. The average molecular weight is 328 g/mol. The molecule has 0 unspecified atom stereocenters. The number of carbonyl (C=O) groups is 2. The molecule has 0 aliphatic heterocycles. The number of Topliss-reactive ketones (excluding diaryl/α,β-unsaturated/α-hetero) is 1. The number of hydrogen-bond acceptors (Lipinski definition) is 6. The summed E-state index contributed by atoms with van der Waals surface area (Å²) in [6.45, 7) is 4.08. The normalized spacial score (nSPS) is 10.3. The lowest BCUT2D eigenvalue weighted by Gasteiger charge is -2.09. The first-order valence-corrected chi connectivity index (χ1v) is 7.50. The monoisotopic (exact) mass is 328 g/mol. The van der Waals surface area contributed by atoms with Gasteiger partial charge in [-0.3, -0.25) is 9.59 Å². The summed E-state index contributed by atoms with van der Waals surface area (Å²) in [6.07, 6.45) is 0. The average Bonchev–Trinajstić information content (AvgIpc) is 2.55. The first-order chi connectivity index (χ1) is 11.5. The molecule has 0 bridgehead atoms. The molecule has 1 amide bonds. The molecular formula is C17H20N4O3. The lowest BCUT2D eigenvalue weighted by Crippen LogP contribution is -2.28. The van der Waals surface area contributed by atoms with E-state index in [1.54, 1.807) is 44.4 Å². The molecule has 2 rings (SSSR count). The van der Waals surface area contributed by atoms with Crippen LogP contribution in [0.25, 0.3) is 0 Å². The zero-order chi connectivity index (χ0) is 17.5. The van der Waals surface area contributed by atoms with E-state index in [2.05, 4.69) is 20.6 Å². The van der Waals surface area contributed by atoms with E-state index in [1.807, 2.05) is 0 Å². The van der Waals surface area contributed by atoms with Gasteiger partial charge in [0.15, 0.2) is 5.78 Å². The summed E-state index contributed by atoms with van der Waals surface area (Å²) < 4.78 is 4.90. The van der Waals surface area contributed by atoms with Gasteiger partial charge in [-0.15, -0.1) is 0 Å². The predicted molar refractivity (Wildman–Crippen MR) is 90.7 cm³/mol. The van der Waals surface area contributed by atoms with Crippen molar-refractivity contribution < 1.29 is 14.3 Å². The summed E-state index contributed by atoms with van der Waals surface area (Å²) in [7, 11) is 1.57. The van der Waals surface area contributed by atoms with E-state index in [1.165, 1.54) is 6.92 Å². The number of benzene rings is 1. The number of aromatic nitrogens is 2. The molecule has 0 saturated carbocycles. The van der Waals surface area contributed by atoms with E-state index >= 15 is 0 Å². The molecule has 0 saturated heterocycles. The zero-order valence-corrected chi connectivity index (χ0v) is 13.9. The molecule has 1 aromatic carbocycles. The van der Waals surface area contributed by atoms with Crippen LogP contribution in [0.15, 0.2) is 30.3 Å². The number of anilines is 2. The smallest absolute Gasteiger partial charge is 0.270 e. The Bertz CT molecular complexity index is 729. The fourth-order valence-corrected chi connectivity index (χ4v) is 2.04. The SMILES string of the molecule is COCCNC(=O)c1cc(Nc2ccc(C(C)=O)cc2)nc(C)n1. The molecule has 0 aliphatic carbocycles. The molecule has 2 aromatic rings. The van der Waals surface area contributed by atoms with E-state index in [9.17, 15) is 9.59 Å². The van der Waals surface area contributed by atoms with Crippen LogP contribution in [0.1, 0.15) is 33.6 Å². The zero-order valence-electron chi connectivity index (χ0n) is 13.9. The summed E-state index contributed by atoms with van der Waals surface area (Å²) in [4.78, 5) is 31.8. The summed E-state index contributed by atoms with van der Waals surface area (Å²) in [6, 6.07) is 8.61. The van der Waals surface area contributed by atoms with Crippen molar-refractivity contribution in [1.82, 2.24) is 15.3 Å². The number of hydrogen-bond donors (Lipinski definition) is 2. The van der Waals surface area contributed by atoms with Gasteiger partial charge in [-0.2, -0.15) is 0 Å². The molecule has 0 radical (unpaired) electrons. The van der Waals surface area contributed by atoms with Gasteiger partial charge < -0.3 is 15.4 Å². The second-order valence-corrected chi connectivity index (χ2v) is 5.19. The second-order valence-electron chi connectivity index (χ2n) is 5.19. The van der Waals surface area contributed by atoms with Crippen molar-refractivity contribution in [1.29, 1.82) is 0 Å². The highest BCUT2D eigenvalue weighted by Gasteiger charge is 2.10. The van der Waals surface area contributed by atoms with E-state index in [4.69, 9.17) is 4.74 Å². The van der Waals surface area contributed by atoms with Gasteiger partial charge in [0, 0.05) is 31.0 Å². The van der Waals surface area contributed by atoms with Crippen LogP contribution < -0.4 is 10.6 Å². The third-order valence-electron chi connectivity index (χ3n) is 3.23. The number of rotatable bonds is 7. The van der Waals surface area contributed by atoms with E-state index in [-0.39, 0.29) is 17.4 Å². The molecule has 0 fully saturated rings. The van der Waals surface area contributed by atoms with Crippen LogP contribution in [-0.4, -0.2) is 41.9 Å². The predicted octanol–water partition coefficient (Wildman–Crippen LogP) is 2.11. The molecule has 0 aliphatic rings. The molecule has 7 heteroatoms. The van der Waals surface area contributed by atoms with Crippen LogP contribution in [-0.2, 0) is 4.74 Å². The number of carbonyl (C=O) groups excluding carboxylic acids is 2. The fourth-order valence-electron chi connectivity index (χ4n) is 2.04. The van der Waals surface area contributed by atoms with Crippen molar-refractivity contribution in [3.8, 4) is 0 Å². The largest absolute Gasteiger partial charge is 0.383 e. The Kier molecular flexibility index (Phi) is 5.97. The summed E-state index contributed by atoms with van der Waals surface area (Å²) >= 11 is 0. The van der Waals surface area contributed by atoms with Crippen LogP contribution in [0.5, 0.6) is 0 Å². The first kappa shape index (κ1) is 17.6. The maximum atomic E-state index is 12.1. The third-order valence-corrected chi connectivity index (χ3v) is 3.23. The van der Waals surface area contributed by atoms with Crippen molar-refractivity contribution in [3.05, 3.63) is 47.4 Å². The van der Waals surface area contributed by atoms with Gasteiger partial charge in [0.1, 0.15) is 17.3 Å². The highest BCUT2D eigenvalue weighted by atomic mass is 16.5. The number of aryl methyl sites for hydroxylation is 1. The standard InChI is InChI=1S/C17H20N4O3/c1-11(22)13-4-6-14(7-5-13)21-16-10-15(19-12(2)20-16)17(23)18-8-9-24-3/h4-7,10H,8-9H2,1-3H3,(H,18,23)(H,19,20,21). The van der Waals surface area contributed by atoms with Gasteiger partial charge in [0.05, 0.1) is 6.61 Å². The van der Waals surface area contributed by atoms with E-state index < -0.39 is 0 Å². The highest BCUT2D eigenvalue weighted by molar-refractivity contribution is 5.94. The van der Waals surface area contributed by atoms with Crippen LogP contribution >= 0.6 is 0 Å². The van der Waals surface area contributed by atoms with Crippen LogP contribution in [0, 0.1) is 6.92 Å². The molecule has 24 heavy (non-hydrogen) atoms. The van der Waals surface area contributed by atoms with Crippen molar-refractivity contribution >= 4 is 23.2 Å². The topological polar surface area (TPSA) is 93.2 Å². The highest BCUT2D eigenvalue weighted by Crippen LogP contribution is 2.16. The van der Waals surface area contributed by atoms with Crippen LogP contribution in [0.2, 0.25) is 0 Å². The summed E-state index contributed by atoms with van der Waals surface area (Å²) in [5.74, 6) is 0.717. The summed E-state index contributed by atoms with van der Waals surface area (Å²) in [5, 5.41) is 5.82. The lowest BCUT2D eigenvalue weighted by molar-refractivity contribution is 0.0931. The minimum Gasteiger partial charge on any atom is -0.383 e. The van der Waals surface area contributed by atoms with Gasteiger partial charge in [-0.1, -0.05) is 0 Å². The number of amides is 1. The summed E-state index contributed by atoms with van der Waals surface area (Å²) in [5.41, 5.74) is 1.68. The molecule has 126 valence electrons. The molecule has 1 aromatic heterocycles. The van der Waals surface area contributed by atoms with Gasteiger partial charge in [0.25, 0.3) is 5.91 Å². The first-order valence-electron chi connectivity index (χ1n) is 7.50. The van der Waals surface area contributed by atoms with Gasteiger partial charge >= 0.3 is 0 Å². The van der Waals surface area contributed by atoms with Gasteiger partial charge in [-0.25, -0.2) is 9.97 Å². The molecule has 0 spiro atoms. The third kappa shape index (κ3) is 4.85. The van der Waals surface area contributed by atoms with E-state index in [0.29, 0.717) is 30.4 Å². The van der Waals surface area contributed by atoms with Crippen LogP contribution in [0.4, 0.5) is 11.5 Å². The van der Waals surface area contributed by atoms with Crippen molar-refractivity contribution in [2.75, 3.05) is 25.6 Å². The van der Waals surface area contributed by atoms with Gasteiger partial charge in [0.2, 0.25) is 0 Å². The number of ketones is 1. The maximum Gasteiger partial charge on any atom is 0.270 e. The molecule has 1 heterocycles. The molecular weight excluding hydrogens is 308 g/mol. The second kappa shape index (κ2) is 8.16. The Morgan fingerprint density at radius 3 is 2.50 bits per heavy atom. The van der Waals surface area contributed by atoms with E-state index in [0.717, 1.165) is 5.69 Å². The van der Waals surface area contributed by atoms with Gasteiger partial charge in [-0.05, 0) is 38.1 Å². The molecule has 2 N–H and O–H groups in total. The minimum atomic E-state index is -0.285. The minimum absolute atomic E-state index is 0.00875. The number of methoxy groups -OCH3 is 1. The van der Waals surface area contributed by atoms with Crippen molar-refractivity contribution in [3.63, 3.8) is 0 Å². The Balaban J connectivity index is 2.12. The Labute approximate surface area is 140 Å². The lowest BCUT2D eigenvalue weighted by atomic mass is 10.1. The Hall–Kier alpha value is -2.80. The van der Waals surface area contributed by atoms with Crippen LogP contribution in [0.3, 0.4) is 0 Å². The Morgan fingerprint density at radius 2 is 1.88 bits per heavy atom.